The number of amides is 1. The van der Waals surface area contributed by atoms with Gasteiger partial charge in [0.15, 0.2) is 0 Å². The Balaban J connectivity index is 2.00. The lowest BCUT2D eigenvalue weighted by atomic mass is 10.1. The third kappa shape index (κ3) is 4.46. The van der Waals surface area contributed by atoms with E-state index in [9.17, 15) is 4.79 Å². The predicted molar refractivity (Wildman–Crippen MR) is 87.2 cm³/mol. The summed E-state index contributed by atoms with van der Waals surface area (Å²) >= 11 is 0. The van der Waals surface area contributed by atoms with Crippen LogP contribution in [0.3, 0.4) is 0 Å². The molecule has 1 fully saturated rings. The first kappa shape index (κ1) is 15.8. The van der Waals surface area contributed by atoms with Crippen molar-refractivity contribution in [2.75, 3.05) is 25.0 Å². The fourth-order valence-corrected chi connectivity index (χ4v) is 2.80. The number of rotatable bonds is 6. The molecule has 4 heteroatoms. The summed E-state index contributed by atoms with van der Waals surface area (Å²) in [6, 6.07) is 8.51. The lowest BCUT2D eigenvalue weighted by Crippen LogP contribution is -2.29. The molecular weight excluding hydrogens is 262 g/mol. The highest BCUT2D eigenvalue weighted by Gasteiger charge is 2.17. The van der Waals surface area contributed by atoms with E-state index < -0.39 is 0 Å². The van der Waals surface area contributed by atoms with E-state index in [2.05, 4.69) is 29.2 Å². The van der Waals surface area contributed by atoms with Crippen molar-refractivity contribution in [3.63, 3.8) is 0 Å². The number of hydrogen-bond donors (Lipinski definition) is 1. The molecule has 0 radical (unpaired) electrons. The summed E-state index contributed by atoms with van der Waals surface area (Å²) in [7, 11) is 1.88. The number of carbonyl (C=O) groups excluding carboxylic acids is 1. The van der Waals surface area contributed by atoms with Gasteiger partial charge in [0, 0.05) is 44.8 Å². The maximum Gasteiger partial charge on any atom is 0.222 e. The standard InChI is InChI=1S/C17H27N3O/c1-14(18)9-10-17(21)19(2)13-15-7-3-4-8-16(15)20-11-5-6-12-20/h3-4,7-8,14H,5-6,9-13,18H2,1-2H3. The number of anilines is 1. The van der Waals surface area contributed by atoms with E-state index in [-0.39, 0.29) is 11.9 Å². The van der Waals surface area contributed by atoms with Crippen LogP contribution in [0.4, 0.5) is 5.69 Å². The molecule has 1 heterocycles. The van der Waals surface area contributed by atoms with E-state index in [0.717, 1.165) is 19.5 Å². The van der Waals surface area contributed by atoms with E-state index >= 15 is 0 Å². The summed E-state index contributed by atoms with van der Waals surface area (Å²) in [5, 5.41) is 0. The highest BCUT2D eigenvalue weighted by Crippen LogP contribution is 2.25. The Bertz CT molecular complexity index is 467. The van der Waals surface area contributed by atoms with Gasteiger partial charge in [-0.1, -0.05) is 18.2 Å². The molecule has 0 aliphatic carbocycles. The molecule has 1 atom stereocenters. The van der Waals surface area contributed by atoms with Crippen LogP contribution in [0.1, 0.15) is 38.2 Å². The maximum absolute atomic E-state index is 12.1. The first-order chi connectivity index (χ1) is 10.1. The molecule has 1 aliphatic heterocycles. The SMILES string of the molecule is CC(N)CCC(=O)N(C)Cc1ccccc1N1CCCC1. The molecule has 1 aromatic rings. The van der Waals surface area contributed by atoms with E-state index in [0.29, 0.717) is 13.0 Å². The highest BCUT2D eigenvalue weighted by atomic mass is 16.2. The zero-order valence-electron chi connectivity index (χ0n) is 13.2. The summed E-state index contributed by atoms with van der Waals surface area (Å²) in [6.07, 6.45) is 3.80. The van der Waals surface area contributed by atoms with Gasteiger partial charge >= 0.3 is 0 Å². The molecule has 0 saturated carbocycles. The van der Waals surface area contributed by atoms with Crippen LogP contribution >= 0.6 is 0 Å². The average molecular weight is 289 g/mol. The van der Waals surface area contributed by atoms with Crippen molar-refractivity contribution in [1.29, 1.82) is 0 Å². The van der Waals surface area contributed by atoms with Gasteiger partial charge in [0.05, 0.1) is 0 Å². The lowest BCUT2D eigenvalue weighted by Gasteiger charge is -2.24. The molecule has 1 unspecified atom stereocenters. The zero-order valence-corrected chi connectivity index (χ0v) is 13.2. The van der Waals surface area contributed by atoms with Gasteiger partial charge in [-0.25, -0.2) is 0 Å². The van der Waals surface area contributed by atoms with E-state index in [1.807, 2.05) is 18.9 Å². The normalized spacial score (nSPS) is 16.0. The average Bonchev–Trinajstić information content (AvgIpc) is 2.99. The van der Waals surface area contributed by atoms with Gasteiger partial charge in [-0.2, -0.15) is 0 Å². The molecule has 1 amide bonds. The van der Waals surface area contributed by atoms with Gasteiger partial charge in [-0.05, 0) is 37.8 Å². The van der Waals surface area contributed by atoms with Crippen molar-refractivity contribution in [3.8, 4) is 0 Å². The predicted octanol–water partition coefficient (Wildman–Crippen LogP) is 2.37. The van der Waals surface area contributed by atoms with Crippen molar-refractivity contribution in [1.82, 2.24) is 4.90 Å². The van der Waals surface area contributed by atoms with Gasteiger partial charge < -0.3 is 15.5 Å². The number of carbonyl (C=O) groups is 1. The van der Waals surface area contributed by atoms with Crippen LogP contribution in [0.5, 0.6) is 0 Å². The van der Waals surface area contributed by atoms with Gasteiger partial charge in [0.2, 0.25) is 5.91 Å². The van der Waals surface area contributed by atoms with Crippen molar-refractivity contribution >= 4 is 11.6 Å². The Kier molecular flexibility index (Phi) is 5.62. The maximum atomic E-state index is 12.1. The molecule has 21 heavy (non-hydrogen) atoms. The van der Waals surface area contributed by atoms with Crippen LogP contribution in [0, 0.1) is 0 Å². The Hall–Kier alpha value is -1.55. The number of hydrogen-bond acceptors (Lipinski definition) is 3. The van der Waals surface area contributed by atoms with Crippen LogP contribution in [-0.4, -0.2) is 37.0 Å². The fourth-order valence-electron chi connectivity index (χ4n) is 2.80. The Labute approximate surface area is 127 Å². The number of para-hydroxylation sites is 1. The van der Waals surface area contributed by atoms with E-state index in [1.54, 1.807) is 0 Å². The minimum atomic E-state index is 0.0826. The van der Waals surface area contributed by atoms with Crippen molar-refractivity contribution in [2.24, 2.45) is 5.73 Å². The summed E-state index contributed by atoms with van der Waals surface area (Å²) in [6.45, 7) is 4.86. The Morgan fingerprint density at radius 2 is 2.00 bits per heavy atom. The third-order valence-electron chi connectivity index (χ3n) is 4.09. The van der Waals surface area contributed by atoms with Gasteiger partial charge in [0.1, 0.15) is 0 Å². The first-order valence-electron chi connectivity index (χ1n) is 7.90. The minimum Gasteiger partial charge on any atom is -0.371 e. The molecule has 0 bridgehead atoms. The summed E-state index contributed by atoms with van der Waals surface area (Å²) in [5.74, 6) is 0.170. The Morgan fingerprint density at radius 1 is 1.33 bits per heavy atom. The molecule has 1 aromatic carbocycles. The quantitative estimate of drug-likeness (QED) is 0.874. The third-order valence-corrected chi connectivity index (χ3v) is 4.09. The second-order valence-electron chi connectivity index (χ2n) is 6.09. The molecule has 2 rings (SSSR count). The molecule has 116 valence electrons. The zero-order chi connectivity index (χ0) is 15.2. The largest absolute Gasteiger partial charge is 0.371 e. The van der Waals surface area contributed by atoms with Gasteiger partial charge in [-0.3, -0.25) is 4.79 Å². The minimum absolute atomic E-state index is 0.0826. The fraction of sp³-hybridized carbons (Fsp3) is 0.588. The summed E-state index contributed by atoms with van der Waals surface area (Å²) < 4.78 is 0. The lowest BCUT2D eigenvalue weighted by molar-refractivity contribution is -0.130. The molecule has 0 spiro atoms. The molecule has 1 saturated heterocycles. The van der Waals surface area contributed by atoms with Crippen LogP contribution in [0.25, 0.3) is 0 Å². The van der Waals surface area contributed by atoms with Crippen LogP contribution in [-0.2, 0) is 11.3 Å². The monoisotopic (exact) mass is 289 g/mol. The second kappa shape index (κ2) is 7.46. The van der Waals surface area contributed by atoms with Crippen LogP contribution in [0.2, 0.25) is 0 Å². The molecule has 2 N–H and O–H groups in total. The van der Waals surface area contributed by atoms with Crippen LogP contribution in [0.15, 0.2) is 24.3 Å². The van der Waals surface area contributed by atoms with Crippen LogP contribution < -0.4 is 10.6 Å². The Morgan fingerprint density at radius 3 is 2.67 bits per heavy atom. The molecular formula is C17H27N3O. The summed E-state index contributed by atoms with van der Waals surface area (Å²) in [4.78, 5) is 16.4. The van der Waals surface area contributed by atoms with E-state index in [1.165, 1.54) is 24.1 Å². The second-order valence-corrected chi connectivity index (χ2v) is 6.09. The first-order valence-corrected chi connectivity index (χ1v) is 7.90. The number of benzene rings is 1. The topological polar surface area (TPSA) is 49.6 Å². The van der Waals surface area contributed by atoms with Gasteiger partial charge in [-0.15, -0.1) is 0 Å². The number of nitrogens with zero attached hydrogens (tertiary/aromatic N) is 2. The van der Waals surface area contributed by atoms with Crippen molar-refractivity contribution in [3.05, 3.63) is 29.8 Å². The highest BCUT2D eigenvalue weighted by molar-refractivity contribution is 5.76. The van der Waals surface area contributed by atoms with Crippen molar-refractivity contribution < 1.29 is 4.79 Å². The number of nitrogens with two attached hydrogens (primary N) is 1. The molecule has 1 aliphatic rings. The van der Waals surface area contributed by atoms with Gasteiger partial charge in [0.25, 0.3) is 0 Å². The van der Waals surface area contributed by atoms with E-state index in [4.69, 9.17) is 5.73 Å². The molecule has 4 nitrogen and oxygen atoms in total. The summed E-state index contributed by atoms with van der Waals surface area (Å²) in [5.41, 5.74) is 8.23. The van der Waals surface area contributed by atoms with Crippen molar-refractivity contribution in [2.45, 2.75) is 45.2 Å². The smallest absolute Gasteiger partial charge is 0.222 e. The molecule has 0 aromatic heterocycles.